The molecular weight excluding hydrogens is 477 g/mol. The monoisotopic (exact) mass is 492 g/mol. The van der Waals surface area contributed by atoms with Crippen molar-refractivity contribution in [2.24, 2.45) is 0 Å². The molecule has 4 aromatic rings. The third-order valence-electron chi connectivity index (χ3n) is 4.40. The molecule has 164 valence electrons. The number of aromatic nitrogens is 3. The first-order chi connectivity index (χ1) is 15.3. The van der Waals surface area contributed by atoms with Crippen LogP contribution in [0.25, 0.3) is 21.8 Å². The quantitative estimate of drug-likeness (QED) is 0.222. The summed E-state index contributed by atoms with van der Waals surface area (Å²) >= 11 is 8.31. The Morgan fingerprint density at radius 3 is 2.53 bits per heavy atom. The van der Waals surface area contributed by atoms with E-state index in [9.17, 15) is 13.2 Å². The summed E-state index contributed by atoms with van der Waals surface area (Å²) < 4.78 is 44.3. The third-order valence-corrected chi connectivity index (χ3v) is 6.83. The molecule has 0 saturated heterocycles. The lowest BCUT2D eigenvalue weighted by Gasteiger charge is -2.10. The average molecular weight is 493 g/mol. The van der Waals surface area contributed by atoms with Gasteiger partial charge in [-0.3, -0.25) is 0 Å². The van der Waals surface area contributed by atoms with Crippen LogP contribution in [0.4, 0.5) is 18.9 Å². The Morgan fingerprint density at radius 2 is 1.81 bits per heavy atom. The van der Waals surface area contributed by atoms with Crippen LogP contribution in [0.2, 0.25) is 5.28 Å². The van der Waals surface area contributed by atoms with E-state index in [4.69, 9.17) is 16.6 Å². The molecule has 0 spiro atoms. The molecule has 0 amide bonds. The third kappa shape index (κ3) is 4.90. The number of benzene rings is 2. The molecule has 0 atom stereocenters. The van der Waals surface area contributed by atoms with Gasteiger partial charge in [-0.2, -0.15) is 0 Å². The van der Waals surface area contributed by atoms with Crippen LogP contribution in [0.3, 0.4) is 0 Å². The molecule has 0 fully saturated rings. The Kier molecular flexibility index (Phi) is 6.68. The van der Waals surface area contributed by atoms with Crippen LogP contribution in [0.1, 0.15) is 24.8 Å². The number of halogens is 4. The van der Waals surface area contributed by atoms with Crippen LogP contribution in [0.5, 0.6) is 0 Å². The van der Waals surface area contributed by atoms with Crippen molar-refractivity contribution < 1.29 is 13.2 Å². The first-order valence-corrected chi connectivity index (χ1v) is 11.5. The molecule has 10 heteroatoms. The number of nitrogens with one attached hydrogen (secondary N) is 1. The fraction of sp³-hybridized carbons (Fsp3) is 0.136. The van der Waals surface area contributed by atoms with E-state index in [-0.39, 0.29) is 21.8 Å². The zero-order chi connectivity index (χ0) is 22.8. The maximum atomic E-state index is 14.5. The Hall–Kier alpha value is -2.62. The van der Waals surface area contributed by atoms with Gasteiger partial charge in [-0.25, -0.2) is 28.1 Å². The van der Waals surface area contributed by atoms with Crippen molar-refractivity contribution in [1.29, 1.82) is 0 Å². The van der Waals surface area contributed by atoms with Crippen molar-refractivity contribution in [2.75, 3.05) is 4.72 Å². The molecule has 0 aliphatic heterocycles. The molecular formula is C22H16ClF3N4S2. The van der Waals surface area contributed by atoms with Crippen molar-refractivity contribution >= 4 is 40.6 Å². The highest BCUT2D eigenvalue weighted by molar-refractivity contribution is 8.00. The van der Waals surface area contributed by atoms with Gasteiger partial charge in [-0.05, 0) is 59.9 Å². The van der Waals surface area contributed by atoms with Gasteiger partial charge < -0.3 is 4.72 Å². The van der Waals surface area contributed by atoms with Crippen molar-refractivity contribution in [3.05, 3.63) is 76.4 Å². The van der Waals surface area contributed by atoms with E-state index < -0.39 is 17.5 Å². The molecule has 2 heterocycles. The lowest BCUT2D eigenvalue weighted by Crippen LogP contribution is -1.95. The number of thiazole rings is 1. The van der Waals surface area contributed by atoms with Crippen LogP contribution in [-0.2, 0) is 0 Å². The predicted octanol–water partition coefficient (Wildman–Crippen LogP) is 7.58. The van der Waals surface area contributed by atoms with Crippen LogP contribution >= 0.6 is 34.9 Å². The minimum Gasteiger partial charge on any atom is -0.323 e. The van der Waals surface area contributed by atoms with E-state index >= 15 is 0 Å². The van der Waals surface area contributed by atoms with Gasteiger partial charge in [0.15, 0.2) is 0 Å². The lowest BCUT2D eigenvalue weighted by molar-refractivity contribution is 0.566. The first-order valence-electron chi connectivity index (χ1n) is 9.49. The summed E-state index contributed by atoms with van der Waals surface area (Å²) in [4.78, 5) is 13.9. The minimum atomic E-state index is -0.733. The fourth-order valence-corrected chi connectivity index (χ4v) is 4.71. The van der Waals surface area contributed by atoms with Gasteiger partial charge in [-0.15, -0.1) is 11.3 Å². The van der Waals surface area contributed by atoms with Crippen LogP contribution in [-0.4, -0.2) is 15.0 Å². The molecule has 32 heavy (non-hydrogen) atoms. The van der Waals surface area contributed by atoms with E-state index in [1.807, 2.05) is 13.8 Å². The van der Waals surface area contributed by atoms with Crippen molar-refractivity contribution in [2.45, 2.75) is 24.7 Å². The van der Waals surface area contributed by atoms with E-state index in [1.54, 1.807) is 24.4 Å². The summed E-state index contributed by atoms with van der Waals surface area (Å²) in [6.07, 6.45) is 1.56. The number of hydrogen-bond donors (Lipinski definition) is 1. The molecule has 0 aliphatic rings. The first kappa shape index (κ1) is 22.6. The van der Waals surface area contributed by atoms with Gasteiger partial charge in [0, 0.05) is 23.7 Å². The number of nitrogens with zero attached hydrogens (tertiary/aromatic N) is 3. The molecule has 2 aromatic heterocycles. The predicted molar refractivity (Wildman–Crippen MR) is 123 cm³/mol. The maximum Gasteiger partial charge on any atom is 0.222 e. The molecule has 0 unspecified atom stereocenters. The topological polar surface area (TPSA) is 50.7 Å². The summed E-state index contributed by atoms with van der Waals surface area (Å²) in [5, 5.41) is 1.01. The zero-order valence-corrected chi connectivity index (χ0v) is 19.3. The van der Waals surface area contributed by atoms with Gasteiger partial charge in [0.2, 0.25) is 5.28 Å². The SMILES string of the molecule is CC(C)c1nc(-c2ccc(F)c(NSc3ccc(F)cc3F)c2)c(-c2ccnc(Cl)n2)s1. The molecule has 2 aromatic carbocycles. The smallest absolute Gasteiger partial charge is 0.222 e. The van der Waals surface area contributed by atoms with Crippen molar-refractivity contribution in [3.63, 3.8) is 0 Å². The Bertz CT molecular complexity index is 1280. The normalized spacial score (nSPS) is 11.2. The molecule has 0 radical (unpaired) electrons. The Balaban J connectivity index is 1.71. The summed E-state index contributed by atoms with van der Waals surface area (Å²) in [6, 6.07) is 9.47. The highest BCUT2D eigenvalue weighted by atomic mass is 35.5. The van der Waals surface area contributed by atoms with Gasteiger partial charge in [0.25, 0.3) is 0 Å². The van der Waals surface area contributed by atoms with E-state index in [1.165, 1.54) is 23.5 Å². The van der Waals surface area contributed by atoms with Gasteiger partial charge in [0.1, 0.15) is 17.5 Å². The lowest BCUT2D eigenvalue weighted by atomic mass is 10.1. The summed E-state index contributed by atoms with van der Waals surface area (Å²) in [6.45, 7) is 4.07. The zero-order valence-electron chi connectivity index (χ0n) is 16.9. The number of anilines is 1. The van der Waals surface area contributed by atoms with Gasteiger partial charge >= 0.3 is 0 Å². The fourth-order valence-electron chi connectivity index (χ4n) is 2.83. The standard InChI is InChI=1S/C22H16ClF3N4S2/c1-11(2)21-29-19(20(31-21)16-7-8-27-22(23)28-16)12-3-5-14(25)17(9-12)30-32-18-6-4-13(24)10-15(18)26/h3-11,30H,1-2H3. The van der Waals surface area contributed by atoms with E-state index in [0.29, 0.717) is 17.0 Å². The minimum absolute atomic E-state index is 0.118. The van der Waals surface area contributed by atoms with Crippen LogP contribution < -0.4 is 4.72 Å². The molecule has 0 aliphatic carbocycles. The van der Waals surface area contributed by atoms with Crippen molar-refractivity contribution in [3.8, 4) is 21.8 Å². The number of hydrogen-bond acceptors (Lipinski definition) is 6. The molecule has 0 bridgehead atoms. The van der Waals surface area contributed by atoms with Gasteiger partial charge in [-0.1, -0.05) is 13.8 Å². The van der Waals surface area contributed by atoms with Crippen LogP contribution in [0.15, 0.2) is 53.6 Å². The molecule has 4 rings (SSSR count). The second-order valence-electron chi connectivity index (χ2n) is 7.07. The Morgan fingerprint density at radius 1 is 1.00 bits per heavy atom. The highest BCUT2D eigenvalue weighted by Crippen LogP contribution is 2.40. The average Bonchev–Trinajstić information content (AvgIpc) is 3.20. The summed E-state index contributed by atoms with van der Waals surface area (Å²) in [7, 11) is 0. The molecule has 4 nitrogen and oxygen atoms in total. The largest absolute Gasteiger partial charge is 0.323 e. The van der Waals surface area contributed by atoms with Crippen LogP contribution in [0, 0.1) is 17.5 Å². The highest BCUT2D eigenvalue weighted by Gasteiger charge is 2.19. The second-order valence-corrected chi connectivity index (χ2v) is 9.29. The molecule has 1 N–H and O–H groups in total. The van der Waals surface area contributed by atoms with Gasteiger partial charge in [0.05, 0.1) is 31.9 Å². The summed E-state index contributed by atoms with van der Waals surface area (Å²) in [5.41, 5.74) is 2.05. The van der Waals surface area contributed by atoms with Crippen molar-refractivity contribution in [1.82, 2.24) is 15.0 Å². The maximum absolute atomic E-state index is 14.5. The van der Waals surface area contributed by atoms with E-state index in [2.05, 4.69) is 14.7 Å². The Labute approximate surface area is 196 Å². The van der Waals surface area contributed by atoms with E-state index in [0.717, 1.165) is 34.0 Å². The second kappa shape index (κ2) is 9.48. The molecule has 0 saturated carbocycles. The summed E-state index contributed by atoms with van der Waals surface area (Å²) in [5.74, 6) is -1.75. The number of rotatable bonds is 6.